The molecule has 85 heavy (non-hydrogen) atoms. The van der Waals surface area contributed by atoms with Gasteiger partial charge in [0.1, 0.15) is 11.6 Å². The number of hydrogen-bond acceptors (Lipinski definition) is 17. The summed E-state index contributed by atoms with van der Waals surface area (Å²) in [5, 5.41) is 19.2. The first kappa shape index (κ1) is 66.2. The Morgan fingerprint density at radius 1 is 0.600 bits per heavy atom. The molecule has 0 saturated heterocycles. The molecule has 3 aliphatic heterocycles. The molecule has 6 aromatic carbocycles. The number of halogens is 9. The van der Waals surface area contributed by atoms with Crippen LogP contribution in [0.5, 0.6) is 34.5 Å². The van der Waals surface area contributed by atoms with Crippen molar-refractivity contribution in [2.24, 2.45) is 0 Å². The van der Waals surface area contributed by atoms with Crippen molar-refractivity contribution in [3.8, 4) is 34.5 Å². The van der Waals surface area contributed by atoms with Crippen molar-refractivity contribution in [3.05, 3.63) is 154 Å². The van der Waals surface area contributed by atoms with Gasteiger partial charge in [-0.3, -0.25) is 0 Å². The van der Waals surface area contributed by atoms with E-state index in [1.165, 1.54) is 50.6 Å². The second-order valence-electron chi connectivity index (χ2n) is 17.4. The first-order chi connectivity index (χ1) is 38.6. The van der Waals surface area contributed by atoms with E-state index in [9.17, 15) is 53.9 Å². The Bertz CT molecular complexity index is 3820. The second-order valence-corrected chi connectivity index (χ2v) is 17.4. The molecule has 2 aromatic heterocycles. The van der Waals surface area contributed by atoms with E-state index in [0.29, 0.717) is 67.4 Å². The van der Waals surface area contributed by atoms with E-state index in [1.807, 2.05) is 4.57 Å². The van der Waals surface area contributed by atoms with Crippen LogP contribution in [-0.2, 0) is 33.9 Å². The number of rotatable bonds is 10. The first-order valence-electron chi connectivity index (χ1n) is 23.5. The molecule has 8 N–H and O–H groups in total. The third kappa shape index (κ3) is 15.2. The minimum atomic E-state index is -5.08. The summed E-state index contributed by atoms with van der Waals surface area (Å²) >= 11 is 0. The molecule has 0 fully saturated rings. The Morgan fingerprint density at radius 2 is 0.965 bits per heavy atom. The molecule has 0 bridgehead atoms. The zero-order valence-electron chi connectivity index (χ0n) is 44.5. The van der Waals surface area contributed by atoms with Crippen molar-refractivity contribution in [3.63, 3.8) is 0 Å². The molecule has 5 heterocycles. The smallest absolute Gasteiger partial charge is 0.870 e. The molecule has 11 rings (SSSR count). The van der Waals surface area contributed by atoms with Crippen LogP contribution in [0.1, 0.15) is 60.8 Å². The van der Waals surface area contributed by atoms with Gasteiger partial charge in [-0.2, -0.15) is 13.2 Å². The van der Waals surface area contributed by atoms with Gasteiger partial charge in [-0.05, 0) is 86.6 Å². The largest absolute Gasteiger partial charge is 1.00 e. The molecule has 0 aliphatic carbocycles. The number of imidazole rings is 2. The fraction of sp³-hybridized carbons (Fsp3) is 0.208. The van der Waals surface area contributed by atoms with Gasteiger partial charge in [0.15, 0.2) is 34.5 Å². The number of para-hydroxylation sites is 3. The van der Waals surface area contributed by atoms with E-state index in [-0.39, 0.29) is 90.9 Å². The third-order valence-corrected chi connectivity index (χ3v) is 11.9. The number of aryl methyl sites for hydroxylation is 2. The molecule has 0 saturated carbocycles. The van der Waals surface area contributed by atoms with E-state index in [1.54, 1.807) is 91.2 Å². The third-order valence-electron chi connectivity index (χ3n) is 11.9. The van der Waals surface area contributed by atoms with Gasteiger partial charge >= 0.3 is 67.8 Å². The van der Waals surface area contributed by atoms with Crippen molar-refractivity contribution >= 4 is 57.3 Å². The minimum absolute atomic E-state index is 0. The van der Waals surface area contributed by atoms with Crippen molar-refractivity contribution in [1.29, 1.82) is 0 Å². The molecular weight excluding hydrogens is 1150 g/mol. The molecule has 0 atom stereocenters. The number of fused-ring (bicyclic) bond motifs is 5. The fourth-order valence-corrected chi connectivity index (χ4v) is 8.24. The SMILES string of the molecule is COC(=O)c1ccc(NCc2cccc3c2OC(F)(F)O3)c(N)c1.COC(=O)c1ccc2c(c1)nc(C)n2Cc1cccc2c1OC(F)(F)O2.Cc1nc2cc(C(=O)O)ccc2n1Cc1cccc2c1OC(F)(F)O2.O.O=C(O)C(F)(F)F.[2HH].[Li+].[OH-]. The van der Waals surface area contributed by atoms with Gasteiger partial charge < -0.3 is 79.2 Å². The summed E-state index contributed by atoms with van der Waals surface area (Å²) in [6, 6.07) is 28.3. The summed E-state index contributed by atoms with van der Waals surface area (Å²) in [5.74, 6) is -3.48. The summed E-state index contributed by atoms with van der Waals surface area (Å²) < 4.78 is 152. The maximum Gasteiger partial charge on any atom is 1.00 e. The molecule has 0 radical (unpaired) electrons. The van der Waals surface area contributed by atoms with Gasteiger partial charge in [-0.25, -0.2) is 29.1 Å². The van der Waals surface area contributed by atoms with Crippen LogP contribution in [0.2, 0.25) is 0 Å². The zero-order valence-corrected chi connectivity index (χ0v) is 44.5. The van der Waals surface area contributed by atoms with Crippen LogP contribution in [0, 0.1) is 13.8 Å². The van der Waals surface area contributed by atoms with Gasteiger partial charge in [0.2, 0.25) is 0 Å². The van der Waals surface area contributed by atoms with Gasteiger partial charge in [0.05, 0.1) is 77.4 Å². The van der Waals surface area contributed by atoms with Gasteiger partial charge in [-0.1, -0.05) is 36.4 Å². The van der Waals surface area contributed by atoms with Crippen molar-refractivity contribution < 1.29 is 138 Å². The Balaban J connectivity index is 0.000000256. The molecule has 32 heteroatoms. The van der Waals surface area contributed by atoms with Gasteiger partial charge in [-0.15, -0.1) is 26.3 Å². The molecule has 3 aliphatic rings. The topological polar surface area (TPSA) is 318 Å². The van der Waals surface area contributed by atoms with Crippen molar-refractivity contribution in [2.75, 3.05) is 25.3 Å². The fourth-order valence-electron chi connectivity index (χ4n) is 8.24. The van der Waals surface area contributed by atoms with E-state index >= 15 is 0 Å². The Morgan fingerprint density at radius 3 is 1.35 bits per heavy atom. The quantitative estimate of drug-likeness (QED) is 0.0474. The van der Waals surface area contributed by atoms with Crippen LogP contribution in [0.3, 0.4) is 0 Å². The van der Waals surface area contributed by atoms with E-state index < -0.39 is 48.9 Å². The Kier molecular flexibility index (Phi) is 20.2. The number of aliphatic carboxylic acids is 1. The number of esters is 2. The Hall–Kier alpha value is -9.57. The predicted octanol–water partition coefficient (Wildman–Crippen LogP) is 6.78. The first-order valence-corrected chi connectivity index (χ1v) is 23.5. The van der Waals surface area contributed by atoms with Crippen LogP contribution >= 0.6 is 0 Å². The van der Waals surface area contributed by atoms with Crippen molar-refractivity contribution in [2.45, 2.75) is 58.5 Å². The zero-order chi connectivity index (χ0) is 59.6. The maximum atomic E-state index is 13.4. The molecule has 0 unspecified atom stereocenters. The van der Waals surface area contributed by atoms with Crippen LogP contribution in [0.15, 0.2) is 109 Å². The number of benzene rings is 6. The van der Waals surface area contributed by atoms with Crippen LogP contribution in [0.4, 0.5) is 50.9 Å². The van der Waals surface area contributed by atoms with Gasteiger partial charge in [0.25, 0.3) is 0 Å². The number of carboxylic acids is 2. The number of carbonyl (C=O) groups excluding carboxylic acids is 2. The summed E-state index contributed by atoms with van der Waals surface area (Å²) in [6.45, 7) is 4.24. The molecule has 448 valence electrons. The standard InChI is InChI=1S/C18H14F2N2O4.C17H12F2N2O4.C16H14F2N2O4.C2HF3O2.Li.2H2O.H2/c1-10-21-13-8-11(17(23)24-2)6-7-14(13)22(10)9-12-4-3-5-15-16(12)26-18(19,20)25-15;1-9-20-12-7-10(16(22)23)5-6-13(12)21(9)8-11-3-2-4-14-15(11)25-17(18,19)24-14;1-22-15(21)9-5-6-12(11(19)7-9)20-8-10-3-2-4-13-14(10)24-16(17,18)23-13;3-2(4,5)1(6)7;;;;/h3-8H,9H2,1-2H3;2-7H,8H2,1H3,(H,22,23);2-7,20H,8,19H2,1H3;(H,6,7);;2*1H2;1H/q;;;;+1;;;/p-1/i;;;;;;;1+1. The summed E-state index contributed by atoms with van der Waals surface area (Å²) in [5.41, 5.74) is 11.7. The molecule has 0 spiro atoms. The number of nitrogens with zero attached hydrogens (tertiary/aromatic N) is 4. The molecule has 0 amide bonds. The predicted molar refractivity (Wildman–Crippen MR) is 274 cm³/mol. The van der Waals surface area contributed by atoms with E-state index in [2.05, 4.69) is 48.4 Å². The number of nitrogen functional groups attached to an aromatic ring is 1. The number of alkyl halides is 9. The average Bonchev–Trinajstić information content (AvgIpc) is 2.16. The van der Waals surface area contributed by atoms with E-state index in [0.717, 1.165) is 5.52 Å². The maximum absolute atomic E-state index is 13.4. The van der Waals surface area contributed by atoms with Crippen LogP contribution < -0.4 is 58.3 Å². The molecular formula is C53H46F9LiN6O16. The van der Waals surface area contributed by atoms with E-state index in [4.69, 9.17) is 25.5 Å². The Labute approximate surface area is 485 Å². The summed E-state index contributed by atoms with van der Waals surface area (Å²) in [6.07, 6.45) is -16.1. The second kappa shape index (κ2) is 25.9. The number of carboxylic acid groups (broad SMARTS) is 2. The number of aromatic carboxylic acids is 1. The number of ether oxygens (including phenoxy) is 8. The van der Waals surface area contributed by atoms with Crippen LogP contribution in [-0.4, -0.2) is 103 Å². The number of nitrogens with one attached hydrogen (secondary N) is 1. The molecule has 22 nitrogen and oxygen atoms in total. The number of nitrogens with two attached hydrogens (primary N) is 1. The monoisotopic (exact) mass is 1200 g/mol. The number of anilines is 2. The number of hydrogen-bond donors (Lipinski definition) is 4. The minimum Gasteiger partial charge on any atom is -0.870 e. The summed E-state index contributed by atoms with van der Waals surface area (Å²) in [4.78, 5) is 51.9. The van der Waals surface area contributed by atoms with Crippen LogP contribution in [0.25, 0.3) is 22.1 Å². The number of methoxy groups -OCH3 is 2. The summed E-state index contributed by atoms with van der Waals surface area (Å²) in [7, 11) is 2.59. The molecule has 8 aromatic rings. The normalized spacial score (nSPS) is 13.8. The van der Waals surface area contributed by atoms with Gasteiger partial charge in [0, 0.05) is 24.7 Å². The van der Waals surface area contributed by atoms with Crippen molar-refractivity contribution in [1.82, 2.24) is 19.1 Å². The average molecular weight is 1200 g/mol. The number of carbonyl (C=O) groups is 4. The number of aromatic nitrogens is 4.